The third-order valence-corrected chi connectivity index (χ3v) is 4.55. The quantitative estimate of drug-likeness (QED) is 0.553. The lowest BCUT2D eigenvalue weighted by molar-refractivity contribution is 0.616. The van der Waals surface area contributed by atoms with E-state index in [2.05, 4.69) is 26.1 Å². The summed E-state index contributed by atoms with van der Waals surface area (Å²) in [7, 11) is 0. The molecule has 0 atom stereocenters. The van der Waals surface area contributed by atoms with Crippen LogP contribution in [0.5, 0.6) is 0 Å². The molecule has 2 N–H and O–H groups in total. The van der Waals surface area contributed by atoms with Gasteiger partial charge in [0.15, 0.2) is 5.82 Å². The molecule has 0 radical (unpaired) electrons. The lowest BCUT2D eigenvalue weighted by Crippen LogP contribution is -2.11. The van der Waals surface area contributed by atoms with E-state index in [1.165, 1.54) is 22.5 Å². The summed E-state index contributed by atoms with van der Waals surface area (Å²) in [6, 6.07) is 14.6. The van der Waals surface area contributed by atoms with Crippen molar-refractivity contribution in [2.75, 3.05) is 5.84 Å². The van der Waals surface area contributed by atoms with Crippen LogP contribution in [0.15, 0.2) is 58.2 Å². The molecule has 0 aliphatic rings. The van der Waals surface area contributed by atoms with Gasteiger partial charge in [0.1, 0.15) is 5.82 Å². The third kappa shape index (κ3) is 3.15. The first kappa shape index (κ1) is 15.1. The molecule has 1 aromatic heterocycles. The van der Waals surface area contributed by atoms with Gasteiger partial charge in [0, 0.05) is 15.8 Å². The van der Waals surface area contributed by atoms with Crippen molar-refractivity contribution < 1.29 is 4.39 Å². The van der Waals surface area contributed by atoms with Gasteiger partial charge in [-0.15, -0.1) is 10.2 Å². The number of hydrogen-bond acceptors (Lipinski definition) is 4. The zero-order valence-electron chi connectivity index (χ0n) is 11.4. The second-order valence-electron chi connectivity index (χ2n) is 4.57. The molecule has 0 bridgehead atoms. The Morgan fingerprint density at radius 1 is 1.14 bits per heavy atom. The number of aromatic nitrogens is 3. The van der Waals surface area contributed by atoms with Crippen molar-refractivity contribution in [3.8, 4) is 11.4 Å². The van der Waals surface area contributed by atoms with Crippen molar-refractivity contribution in [1.29, 1.82) is 0 Å². The summed E-state index contributed by atoms with van der Waals surface area (Å²) in [5.74, 6) is 6.79. The molecule has 2 aromatic carbocycles. The maximum absolute atomic E-state index is 13.8. The fraction of sp³-hybridized carbons (Fsp3) is 0.0667. The highest BCUT2D eigenvalue weighted by atomic mass is 79.9. The number of nitrogens with zero attached hydrogens (tertiary/aromatic N) is 3. The highest BCUT2D eigenvalue weighted by Crippen LogP contribution is 2.26. The number of hydrogen-bond donors (Lipinski definition) is 1. The van der Waals surface area contributed by atoms with E-state index >= 15 is 0 Å². The number of benzene rings is 2. The van der Waals surface area contributed by atoms with E-state index in [1.807, 2.05) is 36.4 Å². The maximum Gasteiger partial charge on any atom is 0.210 e. The van der Waals surface area contributed by atoms with Crippen LogP contribution in [-0.4, -0.2) is 14.9 Å². The molecule has 1 heterocycles. The maximum atomic E-state index is 13.8. The number of halogens is 2. The van der Waals surface area contributed by atoms with E-state index in [1.54, 1.807) is 6.07 Å². The molecule has 3 aromatic rings. The van der Waals surface area contributed by atoms with Crippen molar-refractivity contribution >= 4 is 27.7 Å². The lowest BCUT2D eigenvalue weighted by atomic mass is 10.2. The van der Waals surface area contributed by atoms with Crippen LogP contribution >= 0.6 is 27.7 Å². The minimum Gasteiger partial charge on any atom is -0.335 e. The van der Waals surface area contributed by atoms with E-state index in [0.29, 0.717) is 26.8 Å². The summed E-state index contributed by atoms with van der Waals surface area (Å²) < 4.78 is 15.9. The van der Waals surface area contributed by atoms with Crippen molar-refractivity contribution in [1.82, 2.24) is 14.9 Å². The predicted octanol–water partition coefficient (Wildman–Crippen LogP) is 3.85. The largest absolute Gasteiger partial charge is 0.335 e. The Morgan fingerprint density at radius 3 is 2.64 bits per heavy atom. The Hall–Kier alpha value is -1.86. The number of nitrogens with two attached hydrogens (primary N) is 1. The van der Waals surface area contributed by atoms with E-state index in [-0.39, 0.29) is 5.82 Å². The van der Waals surface area contributed by atoms with E-state index in [4.69, 9.17) is 5.84 Å². The first-order chi connectivity index (χ1) is 10.6. The van der Waals surface area contributed by atoms with Crippen LogP contribution in [0.3, 0.4) is 0 Å². The van der Waals surface area contributed by atoms with Crippen LogP contribution in [0.1, 0.15) is 5.56 Å². The Balaban J connectivity index is 1.78. The first-order valence-corrected chi connectivity index (χ1v) is 8.25. The average Bonchev–Trinajstić information content (AvgIpc) is 2.88. The topological polar surface area (TPSA) is 56.7 Å². The van der Waals surface area contributed by atoms with Crippen LogP contribution < -0.4 is 5.84 Å². The fourth-order valence-electron chi connectivity index (χ4n) is 1.94. The summed E-state index contributed by atoms with van der Waals surface area (Å²) in [4.78, 5) is 0. The molecule has 112 valence electrons. The Labute approximate surface area is 139 Å². The zero-order valence-corrected chi connectivity index (χ0v) is 13.8. The molecule has 0 saturated carbocycles. The third-order valence-electron chi connectivity index (χ3n) is 3.07. The molecular formula is C15H12BrFN4S. The van der Waals surface area contributed by atoms with Gasteiger partial charge in [-0.1, -0.05) is 64.1 Å². The van der Waals surface area contributed by atoms with E-state index in [0.717, 1.165) is 5.56 Å². The summed E-state index contributed by atoms with van der Waals surface area (Å²) in [5, 5.41) is 8.72. The van der Waals surface area contributed by atoms with Crippen LogP contribution in [0.2, 0.25) is 0 Å². The van der Waals surface area contributed by atoms with Gasteiger partial charge in [-0.2, -0.15) is 0 Å². The van der Waals surface area contributed by atoms with Crippen LogP contribution in [0.25, 0.3) is 11.4 Å². The smallest absolute Gasteiger partial charge is 0.210 e. The molecule has 4 nitrogen and oxygen atoms in total. The van der Waals surface area contributed by atoms with Crippen molar-refractivity contribution in [3.05, 3.63) is 64.4 Å². The molecule has 0 spiro atoms. The molecule has 0 unspecified atom stereocenters. The van der Waals surface area contributed by atoms with Gasteiger partial charge >= 0.3 is 0 Å². The Kier molecular flexibility index (Phi) is 4.44. The molecule has 7 heteroatoms. The standard InChI is InChI=1S/C15H12BrFN4S/c16-12-7-6-11(13(17)8-12)9-22-15-20-19-14(21(15)18)10-4-2-1-3-5-10/h1-8H,9,18H2. The summed E-state index contributed by atoms with van der Waals surface area (Å²) in [6.45, 7) is 0. The van der Waals surface area contributed by atoms with Crippen LogP contribution in [0, 0.1) is 5.82 Å². The van der Waals surface area contributed by atoms with Crippen LogP contribution in [0.4, 0.5) is 4.39 Å². The first-order valence-electron chi connectivity index (χ1n) is 6.48. The highest BCUT2D eigenvalue weighted by Gasteiger charge is 2.13. The Morgan fingerprint density at radius 2 is 1.91 bits per heavy atom. The molecule has 3 rings (SSSR count). The fourth-order valence-corrected chi connectivity index (χ4v) is 3.12. The normalized spacial score (nSPS) is 10.8. The summed E-state index contributed by atoms with van der Waals surface area (Å²) in [5.41, 5.74) is 1.48. The molecule has 0 aliphatic heterocycles. The molecule has 0 aliphatic carbocycles. The minimum absolute atomic E-state index is 0.256. The average molecular weight is 379 g/mol. The minimum atomic E-state index is -0.256. The summed E-state index contributed by atoms with van der Waals surface area (Å²) in [6.07, 6.45) is 0. The van der Waals surface area contributed by atoms with E-state index < -0.39 is 0 Å². The molecule has 0 fully saturated rings. The second-order valence-corrected chi connectivity index (χ2v) is 6.42. The van der Waals surface area contributed by atoms with Gasteiger partial charge in [0.25, 0.3) is 0 Å². The molecule has 0 saturated heterocycles. The number of nitrogen functional groups attached to an aromatic ring is 1. The van der Waals surface area contributed by atoms with Gasteiger partial charge in [-0.3, -0.25) is 0 Å². The SMILES string of the molecule is Nn1c(SCc2ccc(Br)cc2F)nnc1-c1ccccc1. The number of thioether (sulfide) groups is 1. The van der Waals surface area contributed by atoms with Gasteiger partial charge in [-0.05, 0) is 17.7 Å². The lowest BCUT2D eigenvalue weighted by Gasteiger charge is -2.05. The van der Waals surface area contributed by atoms with Gasteiger partial charge < -0.3 is 5.84 Å². The Bertz CT molecular complexity index is 791. The van der Waals surface area contributed by atoms with Gasteiger partial charge in [-0.25, -0.2) is 9.07 Å². The highest BCUT2D eigenvalue weighted by molar-refractivity contribution is 9.10. The van der Waals surface area contributed by atoms with Gasteiger partial charge in [0.05, 0.1) is 0 Å². The second kappa shape index (κ2) is 6.50. The van der Waals surface area contributed by atoms with Crippen molar-refractivity contribution in [3.63, 3.8) is 0 Å². The van der Waals surface area contributed by atoms with Gasteiger partial charge in [0.2, 0.25) is 5.16 Å². The summed E-state index contributed by atoms with van der Waals surface area (Å²) >= 11 is 4.58. The van der Waals surface area contributed by atoms with Crippen molar-refractivity contribution in [2.24, 2.45) is 0 Å². The predicted molar refractivity (Wildman–Crippen MR) is 89.3 cm³/mol. The van der Waals surface area contributed by atoms with E-state index in [9.17, 15) is 4.39 Å². The molecule has 0 amide bonds. The monoisotopic (exact) mass is 378 g/mol. The molecule has 22 heavy (non-hydrogen) atoms. The zero-order chi connectivity index (χ0) is 15.5. The van der Waals surface area contributed by atoms with Crippen molar-refractivity contribution in [2.45, 2.75) is 10.9 Å². The van der Waals surface area contributed by atoms with Crippen LogP contribution in [-0.2, 0) is 5.75 Å². The number of rotatable bonds is 4. The molecular weight excluding hydrogens is 367 g/mol.